The number of ether oxygens (including phenoxy) is 3. The predicted molar refractivity (Wildman–Crippen MR) is 68.5 cm³/mol. The molecule has 2 heterocycles. The van der Waals surface area contributed by atoms with E-state index < -0.39 is 29.4 Å². The van der Waals surface area contributed by atoms with Crippen LogP contribution in [0.15, 0.2) is 0 Å². The van der Waals surface area contributed by atoms with Crippen LogP contribution < -0.4 is 0 Å². The third-order valence-electron chi connectivity index (χ3n) is 3.25. The molecule has 0 saturated carbocycles. The number of nitrogens with zero attached hydrogens (tertiary/aromatic N) is 1. The zero-order valence-electron chi connectivity index (χ0n) is 12.0. The third kappa shape index (κ3) is 3.40. The zero-order valence-corrected chi connectivity index (χ0v) is 12.0. The first-order valence-electron chi connectivity index (χ1n) is 6.67. The van der Waals surface area contributed by atoms with Crippen LogP contribution in [-0.4, -0.2) is 65.7 Å². The fourth-order valence-corrected chi connectivity index (χ4v) is 2.39. The van der Waals surface area contributed by atoms with Gasteiger partial charge in [-0.2, -0.15) is 0 Å². The number of carbonyl (C=O) groups is 2. The van der Waals surface area contributed by atoms with Crippen LogP contribution in [0.25, 0.3) is 0 Å². The summed E-state index contributed by atoms with van der Waals surface area (Å²) in [6.07, 6.45) is -0.980. The number of carboxylic acid groups (broad SMARTS) is 1. The van der Waals surface area contributed by atoms with Gasteiger partial charge in [0.2, 0.25) is 0 Å². The van der Waals surface area contributed by atoms with E-state index in [1.54, 1.807) is 20.8 Å². The van der Waals surface area contributed by atoms with Gasteiger partial charge in [0.05, 0.1) is 19.7 Å². The van der Waals surface area contributed by atoms with Crippen molar-refractivity contribution in [3.63, 3.8) is 0 Å². The molecule has 0 aliphatic carbocycles. The normalized spacial score (nSPS) is 30.6. The highest BCUT2D eigenvalue weighted by Crippen LogP contribution is 2.30. The predicted octanol–water partition coefficient (Wildman–Crippen LogP) is 0.866. The Balaban J connectivity index is 2.11. The number of amides is 1. The van der Waals surface area contributed by atoms with Crippen molar-refractivity contribution in [2.45, 2.75) is 44.5 Å². The molecule has 2 rings (SSSR count). The number of carbonyl (C=O) groups excluding carboxylic acids is 1. The van der Waals surface area contributed by atoms with Crippen molar-refractivity contribution in [1.29, 1.82) is 0 Å². The van der Waals surface area contributed by atoms with Crippen molar-refractivity contribution in [1.82, 2.24) is 4.90 Å². The van der Waals surface area contributed by atoms with Crippen LogP contribution in [0.1, 0.15) is 27.2 Å². The smallest absolute Gasteiger partial charge is 0.410 e. The molecule has 114 valence electrons. The molecule has 0 aromatic rings. The van der Waals surface area contributed by atoms with E-state index in [9.17, 15) is 9.59 Å². The first kappa shape index (κ1) is 15.1. The third-order valence-corrected chi connectivity index (χ3v) is 3.25. The van der Waals surface area contributed by atoms with Crippen LogP contribution in [0.4, 0.5) is 4.79 Å². The van der Waals surface area contributed by atoms with E-state index in [4.69, 9.17) is 19.3 Å². The summed E-state index contributed by atoms with van der Waals surface area (Å²) in [6, 6.07) is 0. The van der Waals surface area contributed by atoms with Gasteiger partial charge in [-0.3, -0.25) is 0 Å². The second-order valence-electron chi connectivity index (χ2n) is 6.29. The molecule has 0 bridgehead atoms. The van der Waals surface area contributed by atoms with Gasteiger partial charge in [0.15, 0.2) is 6.10 Å². The lowest BCUT2D eigenvalue weighted by Crippen LogP contribution is -2.60. The van der Waals surface area contributed by atoms with Crippen LogP contribution >= 0.6 is 0 Å². The van der Waals surface area contributed by atoms with E-state index in [0.29, 0.717) is 26.2 Å². The monoisotopic (exact) mass is 287 g/mol. The first-order chi connectivity index (χ1) is 9.21. The number of carboxylic acids is 1. The van der Waals surface area contributed by atoms with Gasteiger partial charge in [-0.15, -0.1) is 0 Å². The minimum atomic E-state index is -1.08. The molecule has 7 nitrogen and oxygen atoms in total. The highest BCUT2D eigenvalue weighted by atomic mass is 16.6. The van der Waals surface area contributed by atoms with Crippen molar-refractivity contribution in [3.05, 3.63) is 0 Å². The van der Waals surface area contributed by atoms with Crippen molar-refractivity contribution in [2.75, 3.05) is 26.3 Å². The highest BCUT2D eigenvalue weighted by Gasteiger charge is 2.47. The quantitative estimate of drug-likeness (QED) is 0.770. The minimum Gasteiger partial charge on any atom is -0.479 e. The second-order valence-corrected chi connectivity index (χ2v) is 6.29. The lowest BCUT2D eigenvalue weighted by Gasteiger charge is -2.42. The lowest BCUT2D eigenvalue weighted by atomic mass is 9.99. The molecule has 1 spiro atoms. The standard InChI is InChI=1S/C13H21NO6/c1-12(2,3)20-11(17)14-6-9(10(15)16)19-13(7-14)4-5-18-8-13/h9H,4-8H2,1-3H3,(H,15,16). The van der Waals surface area contributed by atoms with Gasteiger partial charge in [0.1, 0.15) is 11.2 Å². The molecule has 2 aliphatic rings. The van der Waals surface area contributed by atoms with Crippen molar-refractivity contribution in [3.8, 4) is 0 Å². The number of hydrogen-bond acceptors (Lipinski definition) is 5. The number of aliphatic carboxylic acids is 1. The van der Waals surface area contributed by atoms with E-state index in [0.717, 1.165) is 0 Å². The average Bonchev–Trinajstić information content (AvgIpc) is 2.74. The van der Waals surface area contributed by atoms with Crippen molar-refractivity contribution < 1.29 is 28.9 Å². The van der Waals surface area contributed by atoms with Crippen LogP contribution in [-0.2, 0) is 19.0 Å². The van der Waals surface area contributed by atoms with Crippen molar-refractivity contribution >= 4 is 12.1 Å². The molecular weight excluding hydrogens is 266 g/mol. The zero-order chi connectivity index (χ0) is 15.0. The fraction of sp³-hybridized carbons (Fsp3) is 0.846. The fourth-order valence-electron chi connectivity index (χ4n) is 2.39. The van der Waals surface area contributed by atoms with E-state index in [-0.39, 0.29) is 6.54 Å². The largest absolute Gasteiger partial charge is 0.479 e. The Morgan fingerprint density at radius 2 is 2.10 bits per heavy atom. The maximum Gasteiger partial charge on any atom is 0.410 e. The summed E-state index contributed by atoms with van der Waals surface area (Å²) in [6.45, 7) is 6.42. The van der Waals surface area contributed by atoms with Gasteiger partial charge in [-0.1, -0.05) is 0 Å². The maximum atomic E-state index is 12.1. The van der Waals surface area contributed by atoms with Gasteiger partial charge < -0.3 is 24.2 Å². The lowest BCUT2D eigenvalue weighted by molar-refractivity contribution is -0.182. The molecule has 0 aromatic carbocycles. The van der Waals surface area contributed by atoms with Crippen molar-refractivity contribution in [2.24, 2.45) is 0 Å². The molecular formula is C13H21NO6. The Morgan fingerprint density at radius 1 is 1.40 bits per heavy atom. The molecule has 1 amide bonds. The van der Waals surface area contributed by atoms with Crippen LogP contribution in [0.2, 0.25) is 0 Å². The Labute approximate surface area is 117 Å². The number of hydrogen-bond donors (Lipinski definition) is 1. The summed E-state index contributed by atoms with van der Waals surface area (Å²) in [5.41, 5.74) is -1.34. The molecule has 7 heteroatoms. The van der Waals surface area contributed by atoms with Gasteiger partial charge in [0.25, 0.3) is 0 Å². The maximum absolute atomic E-state index is 12.1. The van der Waals surface area contributed by atoms with E-state index in [1.165, 1.54) is 4.90 Å². The van der Waals surface area contributed by atoms with Crippen LogP contribution in [0, 0.1) is 0 Å². The Kier molecular flexibility index (Phi) is 3.93. The average molecular weight is 287 g/mol. The number of rotatable bonds is 1. The Bertz CT molecular complexity index is 396. The summed E-state index contributed by atoms with van der Waals surface area (Å²) < 4.78 is 16.2. The van der Waals surface area contributed by atoms with Crippen LogP contribution in [0.5, 0.6) is 0 Å². The van der Waals surface area contributed by atoms with Gasteiger partial charge in [-0.05, 0) is 20.8 Å². The molecule has 1 N–H and O–H groups in total. The molecule has 0 radical (unpaired) electrons. The summed E-state index contributed by atoms with van der Waals surface area (Å²) in [5, 5.41) is 9.17. The second kappa shape index (κ2) is 5.21. The summed E-state index contributed by atoms with van der Waals surface area (Å²) in [5.74, 6) is -1.08. The van der Waals surface area contributed by atoms with Gasteiger partial charge in [-0.25, -0.2) is 9.59 Å². The van der Waals surface area contributed by atoms with E-state index >= 15 is 0 Å². The summed E-state index contributed by atoms with van der Waals surface area (Å²) in [4.78, 5) is 24.7. The van der Waals surface area contributed by atoms with E-state index in [1.807, 2.05) is 0 Å². The molecule has 2 atom stereocenters. The molecule has 2 unspecified atom stereocenters. The molecule has 2 saturated heterocycles. The summed E-state index contributed by atoms with van der Waals surface area (Å²) in [7, 11) is 0. The SMILES string of the molecule is CC(C)(C)OC(=O)N1CC(C(=O)O)OC2(CCOC2)C1. The molecule has 2 fully saturated rings. The highest BCUT2D eigenvalue weighted by molar-refractivity contribution is 5.75. The Morgan fingerprint density at radius 3 is 2.60 bits per heavy atom. The molecule has 0 aromatic heterocycles. The minimum absolute atomic E-state index is 0.00794. The number of morpholine rings is 1. The van der Waals surface area contributed by atoms with E-state index in [2.05, 4.69) is 0 Å². The Hall–Kier alpha value is -1.34. The first-order valence-corrected chi connectivity index (χ1v) is 6.67. The van der Waals surface area contributed by atoms with Crippen LogP contribution in [0.3, 0.4) is 0 Å². The van der Waals surface area contributed by atoms with Gasteiger partial charge >= 0.3 is 12.1 Å². The topological polar surface area (TPSA) is 85.3 Å². The van der Waals surface area contributed by atoms with Gasteiger partial charge in [0, 0.05) is 13.0 Å². The molecule has 2 aliphatic heterocycles. The molecule has 20 heavy (non-hydrogen) atoms. The summed E-state index contributed by atoms with van der Waals surface area (Å²) >= 11 is 0.